The molecule has 0 radical (unpaired) electrons. The van der Waals surface area contributed by atoms with Crippen LogP contribution in [0.15, 0.2) is 0 Å². The van der Waals surface area contributed by atoms with Crippen LogP contribution in [0.5, 0.6) is 0 Å². The number of hydrogen-bond acceptors (Lipinski definition) is 5. The van der Waals surface area contributed by atoms with Crippen LogP contribution < -0.4 is 10.6 Å². The lowest BCUT2D eigenvalue weighted by molar-refractivity contribution is -0.121. The number of aryl methyl sites for hydroxylation is 1. The lowest BCUT2D eigenvalue weighted by atomic mass is 10.0. The van der Waals surface area contributed by atoms with E-state index in [1.165, 1.54) is 11.5 Å². The van der Waals surface area contributed by atoms with Gasteiger partial charge in [-0.1, -0.05) is 6.92 Å². The first-order valence-electron chi connectivity index (χ1n) is 4.63. The van der Waals surface area contributed by atoms with Crippen LogP contribution in [-0.4, -0.2) is 28.4 Å². The van der Waals surface area contributed by atoms with E-state index in [1.807, 2.05) is 6.92 Å². The highest BCUT2D eigenvalue weighted by atomic mass is 32.1. The standard InChI is InChI=1S/C8H12N4OS/c1-2-6-10-8(14-12-6)11-7(13)5-3-9-4-5/h5,9H,2-4H2,1H3,(H,10,11,12,13). The summed E-state index contributed by atoms with van der Waals surface area (Å²) in [6.45, 7) is 3.53. The zero-order chi connectivity index (χ0) is 9.97. The van der Waals surface area contributed by atoms with Crippen molar-refractivity contribution in [3.05, 3.63) is 5.82 Å². The molecule has 2 N–H and O–H groups in total. The lowest BCUT2D eigenvalue weighted by Gasteiger charge is -2.24. The van der Waals surface area contributed by atoms with Gasteiger partial charge in [0.25, 0.3) is 0 Å². The molecule has 1 fully saturated rings. The molecular weight excluding hydrogens is 200 g/mol. The summed E-state index contributed by atoms with van der Waals surface area (Å²) < 4.78 is 4.09. The Labute approximate surface area is 86.1 Å². The Hall–Kier alpha value is -1.01. The Balaban J connectivity index is 1.92. The SMILES string of the molecule is CCc1nsc(NC(=O)C2CNC2)n1. The Bertz CT molecular complexity index is 334. The zero-order valence-corrected chi connectivity index (χ0v) is 8.73. The molecule has 5 nitrogen and oxygen atoms in total. The first-order valence-corrected chi connectivity index (χ1v) is 5.41. The number of carbonyl (C=O) groups is 1. The Kier molecular flexibility index (Phi) is 2.74. The summed E-state index contributed by atoms with van der Waals surface area (Å²) in [5, 5.41) is 6.43. The van der Waals surface area contributed by atoms with Crippen molar-refractivity contribution >= 4 is 22.6 Å². The van der Waals surface area contributed by atoms with Crippen LogP contribution in [-0.2, 0) is 11.2 Å². The minimum absolute atomic E-state index is 0.0440. The van der Waals surface area contributed by atoms with E-state index in [0.717, 1.165) is 25.3 Å². The monoisotopic (exact) mass is 212 g/mol. The molecule has 0 aromatic carbocycles. The number of aromatic nitrogens is 2. The van der Waals surface area contributed by atoms with Gasteiger partial charge in [-0.15, -0.1) is 0 Å². The van der Waals surface area contributed by atoms with Gasteiger partial charge < -0.3 is 10.6 Å². The fourth-order valence-corrected chi connectivity index (χ4v) is 1.78. The molecule has 1 aromatic heterocycles. The molecule has 1 amide bonds. The van der Waals surface area contributed by atoms with Gasteiger partial charge in [-0.05, 0) is 0 Å². The van der Waals surface area contributed by atoms with Gasteiger partial charge in [0.15, 0.2) is 0 Å². The average Bonchev–Trinajstić information content (AvgIpc) is 2.48. The van der Waals surface area contributed by atoms with Crippen molar-refractivity contribution in [1.29, 1.82) is 0 Å². The molecule has 0 bridgehead atoms. The van der Waals surface area contributed by atoms with Gasteiger partial charge in [-0.3, -0.25) is 4.79 Å². The smallest absolute Gasteiger partial charge is 0.231 e. The number of rotatable bonds is 3. The van der Waals surface area contributed by atoms with E-state index in [9.17, 15) is 4.79 Å². The van der Waals surface area contributed by atoms with E-state index in [-0.39, 0.29) is 11.8 Å². The summed E-state index contributed by atoms with van der Waals surface area (Å²) in [5.74, 6) is 0.934. The van der Waals surface area contributed by atoms with Gasteiger partial charge in [0.1, 0.15) is 5.82 Å². The average molecular weight is 212 g/mol. The second-order valence-electron chi connectivity index (χ2n) is 3.21. The Morgan fingerprint density at radius 2 is 2.50 bits per heavy atom. The first-order chi connectivity index (χ1) is 6.79. The van der Waals surface area contributed by atoms with Gasteiger partial charge >= 0.3 is 0 Å². The van der Waals surface area contributed by atoms with Crippen LogP contribution in [0.1, 0.15) is 12.7 Å². The minimum atomic E-state index is 0.0440. The largest absolute Gasteiger partial charge is 0.315 e. The molecule has 2 rings (SSSR count). The number of nitrogens with one attached hydrogen (secondary N) is 2. The summed E-state index contributed by atoms with van der Waals surface area (Å²) in [6.07, 6.45) is 0.803. The van der Waals surface area contributed by atoms with Crippen LogP contribution in [0, 0.1) is 5.92 Å². The maximum absolute atomic E-state index is 11.5. The van der Waals surface area contributed by atoms with E-state index < -0.39 is 0 Å². The van der Waals surface area contributed by atoms with Crippen LogP contribution in [0.4, 0.5) is 5.13 Å². The molecule has 0 saturated carbocycles. The zero-order valence-electron chi connectivity index (χ0n) is 7.91. The maximum Gasteiger partial charge on any atom is 0.231 e. The van der Waals surface area contributed by atoms with Crippen molar-refractivity contribution in [2.75, 3.05) is 18.4 Å². The second kappa shape index (κ2) is 4.02. The first kappa shape index (κ1) is 9.54. The van der Waals surface area contributed by atoms with E-state index in [4.69, 9.17) is 0 Å². The molecule has 1 aromatic rings. The van der Waals surface area contributed by atoms with Gasteiger partial charge in [0, 0.05) is 31.0 Å². The van der Waals surface area contributed by atoms with Crippen molar-refractivity contribution in [1.82, 2.24) is 14.7 Å². The molecule has 1 aliphatic rings. The van der Waals surface area contributed by atoms with Gasteiger partial charge in [0.05, 0.1) is 5.92 Å². The molecule has 1 aliphatic heterocycles. The van der Waals surface area contributed by atoms with Crippen LogP contribution >= 0.6 is 11.5 Å². The van der Waals surface area contributed by atoms with E-state index >= 15 is 0 Å². The molecular formula is C8H12N4OS. The summed E-state index contributed by atoms with van der Waals surface area (Å²) >= 11 is 1.24. The summed E-state index contributed by atoms with van der Waals surface area (Å²) in [7, 11) is 0. The van der Waals surface area contributed by atoms with E-state index in [1.54, 1.807) is 0 Å². The highest BCUT2D eigenvalue weighted by molar-refractivity contribution is 7.09. The van der Waals surface area contributed by atoms with Crippen LogP contribution in [0.3, 0.4) is 0 Å². The van der Waals surface area contributed by atoms with Gasteiger partial charge in [0.2, 0.25) is 11.0 Å². The topological polar surface area (TPSA) is 66.9 Å². The van der Waals surface area contributed by atoms with E-state index in [0.29, 0.717) is 5.13 Å². The predicted octanol–water partition coefficient (Wildman–Crippen LogP) is 0.258. The predicted molar refractivity (Wildman–Crippen MR) is 54.3 cm³/mol. The highest BCUT2D eigenvalue weighted by Gasteiger charge is 2.25. The van der Waals surface area contributed by atoms with Gasteiger partial charge in [-0.2, -0.15) is 4.37 Å². The second-order valence-corrected chi connectivity index (χ2v) is 3.97. The van der Waals surface area contributed by atoms with Crippen LogP contribution in [0.25, 0.3) is 0 Å². The number of anilines is 1. The molecule has 6 heteroatoms. The maximum atomic E-state index is 11.5. The Morgan fingerprint density at radius 3 is 3.00 bits per heavy atom. The Morgan fingerprint density at radius 1 is 1.71 bits per heavy atom. The molecule has 0 spiro atoms. The fraction of sp³-hybridized carbons (Fsp3) is 0.625. The molecule has 14 heavy (non-hydrogen) atoms. The normalized spacial score (nSPS) is 16.4. The van der Waals surface area contributed by atoms with Crippen LogP contribution in [0.2, 0.25) is 0 Å². The summed E-state index contributed by atoms with van der Waals surface area (Å²) in [6, 6.07) is 0. The van der Waals surface area contributed by atoms with Crippen molar-refractivity contribution in [3.63, 3.8) is 0 Å². The lowest BCUT2D eigenvalue weighted by Crippen LogP contribution is -2.48. The van der Waals surface area contributed by atoms with Crippen molar-refractivity contribution in [2.24, 2.45) is 5.92 Å². The molecule has 0 atom stereocenters. The van der Waals surface area contributed by atoms with Crippen molar-refractivity contribution in [2.45, 2.75) is 13.3 Å². The molecule has 76 valence electrons. The van der Waals surface area contributed by atoms with E-state index in [2.05, 4.69) is 20.0 Å². The quantitative estimate of drug-likeness (QED) is 0.754. The third-order valence-electron chi connectivity index (χ3n) is 2.17. The summed E-state index contributed by atoms with van der Waals surface area (Å²) in [4.78, 5) is 15.6. The molecule has 2 heterocycles. The van der Waals surface area contributed by atoms with Crippen molar-refractivity contribution in [3.8, 4) is 0 Å². The summed E-state index contributed by atoms with van der Waals surface area (Å²) in [5.41, 5.74) is 0. The van der Waals surface area contributed by atoms with Crippen molar-refractivity contribution < 1.29 is 4.79 Å². The number of nitrogens with zero attached hydrogens (tertiary/aromatic N) is 2. The van der Waals surface area contributed by atoms with Gasteiger partial charge in [-0.25, -0.2) is 4.98 Å². The molecule has 0 unspecified atom stereocenters. The third kappa shape index (κ3) is 1.91. The minimum Gasteiger partial charge on any atom is -0.315 e. The number of carbonyl (C=O) groups excluding carboxylic acids is 1. The molecule has 0 aliphatic carbocycles. The molecule has 1 saturated heterocycles. The third-order valence-corrected chi connectivity index (χ3v) is 2.84. The highest BCUT2D eigenvalue weighted by Crippen LogP contribution is 2.13. The fourth-order valence-electron chi connectivity index (χ4n) is 1.13. The number of hydrogen-bond donors (Lipinski definition) is 2. The number of amides is 1.